The van der Waals surface area contributed by atoms with Crippen molar-refractivity contribution >= 4 is 11.7 Å². The summed E-state index contributed by atoms with van der Waals surface area (Å²) in [4.78, 5) is 15.6. The van der Waals surface area contributed by atoms with Crippen molar-refractivity contribution in [1.29, 1.82) is 0 Å². The molecule has 0 bridgehead atoms. The quantitative estimate of drug-likeness (QED) is 0.294. The zero-order chi connectivity index (χ0) is 12.3. The molecule has 88 valence electrons. The monoisotopic (exact) mass is 226 g/mol. The van der Waals surface area contributed by atoms with E-state index in [9.17, 15) is 4.79 Å². The minimum atomic E-state index is -0.581. The van der Waals surface area contributed by atoms with Gasteiger partial charge in [0, 0.05) is 6.92 Å². The molecule has 4 N–H and O–H groups in total. The number of oxazole rings is 1. The molecule has 0 aliphatic rings. The fourth-order valence-corrected chi connectivity index (χ4v) is 1.16. The van der Waals surface area contributed by atoms with Gasteiger partial charge in [0.1, 0.15) is 0 Å². The van der Waals surface area contributed by atoms with Gasteiger partial charge in [-0.1, -0.05) is 5.16 Å². The standard InChI is InChI=1S/C9H14N4O3/c1-4-7(16-6(3)11-4)9(14)12-5(2)8(10)13-15/h5,15H,1-3H3,(H2,10,13)(H,12,14). The van der Waals surface area contributed by atoms with Crippen LogP contribution in [-0.4, -0.2) is 28.0 Å². The number of aryl methyl sites for hydroxylation is 2. The molecule has 1 amide bonds. The van der Waals surface area contributed by atoms with Crippen molar-refractivity contribution in [1.82, 2.24) is 10.3 Å². The molecule has 1 aromatic heterocycles. The van der Waals surface area contributed by atoms with Crippen molar-refractivity contribution in [2.75, 3.05) is 0 Å². The zero-order valence-corrected chi connectivity index (χ0v) is 9.31. The van der Waals surface area contributed by atoms with Crippen LogP contribution in [0.2, 0.25) is 0 Å². The summed E-state index contributed by atoms with van der Waals surface area (Å²) in [5, 5.41) is 13.7. The van der Waals surface area contributed by atoms with Gasteiger partial charge in [-0.05, 0) is 13.8 Å². The average Bonchev–Trinajstić information content (AvgIpc) is 2.56. The van der Waals surface area contributed by atoms with E-state index in [2.05, 4.69) is 15.5 Å². The Kier molecular flexibility index (Phi) is 3.49. The average molecular weight is 226 g/mol. The van der Waals surface area contributed by atoms with Crippen LogP contribution in [-0.2, 0) is 0 Å². The van der Waals surface area contributed by atoms with E-state index in [1.54, 1.807) is 20.8 Å². The highest BCUT2D eigenvalue weighted by molar-refractivity contribution is 5.96. The molecule has 0 aliphatic carbocycles. The second-order valence-corrected chi connectivity index (χ2v) is 3.37. The summed E-state index contributed by atoms with van der Waals surface area (Å²) < 4.78 is 5.12. The summed E-state index contributed by atoms with van der Waals surface area (Å²) in [5.74, 6) is 0.0219. The van der Waals surface area contributed by atoms with E-state index >= 15 is 0 Å². The van der Waals surface area contributed by atoms with E-state index < -0.39 is 11.9 Å². The van der Waals surface area contributed by atoms with Crippen LogP contribution in [0.15, 0.2) is 9.57 Å². The van der Waals surface area contributed by atoms with E-state index in [-0.39, 0.29) is 11.6 Å². The number of nitrogens with one attached hydrogen (secondary N) is 1. The summed E-state index contributed by atoms with van der Waals surface area (Å²) in [5.41, 5.74) is 5.83. The lowest BCUT2D eigenvalue weighted by Crippen LogP contribution is -2.42. The van der Waals surface area contributed by atoms with Gasteiger partial charge in [0.2, 0.25) is 5.76 Å². The largest absolute Gasteiger partial charge is 0.436 e. The van der Waals surface area contributed by atoms with E-state index in [1.165, 1.54) is 0 Å². The van der Waals surface area contributed by atoms with Gasteiger partial charge < -0.3 is 20.7 Å². The lowest BCUT2D eigenvalue weighted by molar-refractivity contribution is 0.0918. The molecule has 0 saturated carbocycles. The third kappa shape index (κ3) is 2.50. The predicted molar refractivity (Wildman–Crippen MR) is 56.3 cm³/mol. The summed E-state index contributed by atoms with van der Waals surface area (Å²) >= 11 is 0. The molecule has 0 saturated heterocycles. The van der Waals surface area contributed by atoms with Crippen LogP contribution >= 0.6 is 0 Å². The summed E-state index contributed by atoms with van der Waals surface area (Å²) in [6.45, 7) is 4.90. The van der Waals surface area contributed by atoms with Gasteiger partial charge >= 0.3 is 0 Å². The maximum absolute atomic E-state index is 11.7. The molecule has 1 rings (SSSR count). The molecule has 16 heavy (non-hydrogen) atoms. The fraction of sp³-hybridized carbons (Fsp3) is 0.444. The number of hydrogen-bond acceptors (Lipinski definition) is 5. The first-order valence-electron chi connectivity index (χ1n) is 4.68. The van der Waals surface area contributed by atoms with Crippen LogP contribution in [0.1, 0.15) is 29.1 Å². The number of rotatable bonds is 3. The van der Waals surface area contributed by atoms with Gasteiger partial charge in [-0.3, -0.25) is 4.79 Å². The summed E-state index contributed by atoms with van der Waals surface area (Å²) in [6, 6.07) is -0.581. The molecule has 1 atom stereocenters. The van der Waals surface area contributed by atoms with Gasteiger partial charge in [0.05, 0.1) is 11.7 Å². The van der Waals surface area contributed by atoms with Crippen LogP contribution in [0.4, 0.5) is 0 Å². The second kappa shape index (κ2) is 4.65. The van der Waals surface area contributed by atoms with Crippen LogP contribution in [0.5, 0.6) is 0 Å². The molecule has 0 radical (unpaired) electrons. The predicted octanol–water partition coefficient (Wildman–Crippen LogP) is 0.156. The molecule has 0 aliphatic heterocycles. The lowest BCUT2D eigenvalue weighted by Gasteiger charge is -2.10. The number of nitrogens with two attached hydrogens (primary N) is 1. The van der Waals surface area contributed by atoms with Crippen LogP contribution < -0.4 is 11.1 Å². The normalized spacial score (nSPS) is 13.6. The third-order valence-electron chi connectivity index (χ3n) is 2.02. The third-order valence-corrected chi connectivity index (χ3v) is 2.02. The molecule has 0 fully saturated rings. The number of amides is 1. The highest BCUT2D eigenvalue weighted by atomic mass is 16.4. The fourth-order valence-electron chi connectivity index (χ4n) is 1.16. The Labute approximate surface area is 92.3 Å². The van der Waals surface area contributed by atoms with Crippen molar-refractivity contribution in [2.45, 2.75) is 26.8 Å². The first kappa shape index (κ1) is 12.0. The number of amidine groups is 1. The van der Waals surface area contributed by atoms with Gasteiger partial charge in [0.25, 0.3) is 5.91 Å². The molecule has 0 spiro atoms. The summed E-state index contributed by atoms with van der Waals surface area (Å²) in [7, 11) is 0. The Bertz CT molecular complexity index is 424. The van der Waals surface area contributed by atoms with Gasteiger partial charge in [0.15, 0.2) is 11.7 Å². The molecule has 0 aromatic carbocycles. The SMILES string of the molecule is Cc1nc(C)c(C(=O)NC(C)C(N)=NO)o1. The number of hydrogen-bond donors (Lipinski definition) is 3. The first-order valence-corrected chi connectivity index (χ1v) is 4.68. The number of nitrogens with zero attached hydrogens (tertiary/aromatic N) is 2. The Morgan fingerprint density at radius 1 is 1.62 bits per heavy atom. The number of carbonyl (C=O) groups is 1. The smallest absolute Gasteiger partial charge is 0.289 e. The van der Waals surface area contributed by atoms with E-state index in [1.807, 2.05) is 0 Å². The number of oxime groups is 1. The lowest BCUT2D eigenvalue weighted by atomic mass is 10.3. The zero-order valence-electron chi connectivity index (χ0n) is 9.31. The van der Waals surface area contributed by atoms with E-state index in [0.29, 0.717) is 11.6 Å². The molecule has 1 unspecified atom stereocenters. The topological polar surface area (TPSA) is 114 Å². The second-order valence-electron chi connectivity index (χ2n) is 3.37. The van der Waals surface area contributed by atoms with Gasteiger partial charge in [-0.15, -0.1) is 0 Å². The molecular formula is C9H14N4O3. The highest BCUT2D eigenvalue weighted by Crippen LogP contribution is 2.09. The van der Waals surface area contributed by atoms with E-state index in [4.69, 9.17) is 15.4 Å². The van der Waals surface area contributed by atoms with Gasteiger partial charge in [-0.25, -0.2) is 4.98 Å². The Morgan fingerprint density at radius 2 is 2.25 bits per heavy atom. The number of carbonyl (C=O) groups excluding carboxylic acids is 1. The highest BCUT2D eigenvalue weighted by Gasteiger charge is 2.19. The molecule has 1 aromatic rings. The Morgan fingerprint density at radius 3 is 2.69 bits per heavy atom. The van der Waals surface area contributed by atoms with E-state index in [0.717, 1.165) is 0 Å². The van der Waals surface area contributed by atoms with Crippen LogP contribution in [0.25, 0.3) is 0 Å². The van der Waals surface area contributed by atoms with Gasteiger partial charge in [-0.2, -0.15) is 0 Å². The molecule has 1 heterocycles. The first-order chi connectivity index (χ1) is 7.45. The minimum absolute atomic E-state index is 0.0813. The van der Waals surface area contributed by atoms with Crippen molar-refractivity contribution in [3.8, 4) is 0 Å². The molecule has 7 heteroatoms. The van der Waals surface area contributed by atoms with Crippen LogP contribution in [0, 0.1) is 13.8 Å². The van der Waals surface area contributed by atoms with Crippen molar-refractivity contribution in [3.63, 3.8) is 0 Å². The maximum Gasteiger partial charge on any atom is 0.289 e. The molecule has 7 nitrogen and oxygen atoms in total. The maximum atomic E-state index is 11.7. The Balaban J connectivity index is 2.77. The summed E-state index contributed by atoms with van der Waals surface area (Å²) in [6.07, 6.45) is 0. The minimum Gasteiger partial charge on any atom is -0.436 e. The van der Waals surface area contributed by atoms with Crippen LogP contribution in [0.3, 0.4) is 0 Å². The molecular weight excluding hydrogens is 212 g/mol. The van der Waals surface area contributed by atoms with Crippen molar-refractivity contribution in [2.24, 2.45) is 10.9 Å². The number of aromatic nitrogens is 1. The Hall–Kier alpha value is -2.05. The van der Waals surface area contributed by atoms with Crippen molar-refractivity contribution in [3.05, 3.63) is 17.3 Å². The van der Waals surface area contributed by atoms with Crippen molar-refractivity contribution < 1.29 is 14.4 Å².